The first-order valence-corrected chi connectivity index (χ1v) is 8.59. The molecule has 140 valence electrons. The van der Waals surface area contributed by atoms with Gasteiger partial charge in [0, 0.05) is 39.3 Å². The van der Waals surface area contributed by atoms with Crippen molar-refractivity contribution in [2.45, 2.75) is 26.3 Å². The second-order valence-corrected chi connectivity index (χ2v) is 6.30. The van der Waals surface area contributed by atoms with E-state index in [1.807, 2.05) is 49.1 Å². The number of carbonyl (C=O) groups is 2. The van der Waals surface area contributed by atoms with E-state index >= 15 is 0 Å². The summed E-state index contributed by atoms with van der Waals surface area (Å²) in [4.78, 5) is 30.6. The van der Waals surface area contributed by atoms with Gasteiger partial charge in [-0.15, -0.1) is 12.4 Å². The molecule has 1 heterocycles. The summed E-state index contributed by atoms with van der Waals surface area (Å²) in [6.07, 6.45) is 0. The Hall–Kier alpha value is -1.79. The quantitative estimate of drug-likeness (QED) is 0.882. The van der Waals surface area contributed by atoms with Crippen molar-refractivity contribution in [2.24, 2.45) is 5.73 Å². The highest BCUT2D eigenvalue weighted by atomic mass is 35.5. The van der Waals surface area contributed by atoms with Crippen LogP contribution >= 0.6 is 12.4 Å². The fourth-order valence-corrected chi connectivity index (χ4v) is 3.03. The molecule has 1 fully saturated rings. The van der Waals surface area contributed by atoms with Crippen molar-refractivity contribution in [3.05, 3.63) is 35.9 Å². The Morgan fingerprint density at radius 3 is 2.00 bits per heavy atom. The van der Waals surface area contributed by atoms with Gasteiger partial charge < -0.3 is 20.4 Å². The minimum atomic E-state index is -1.05. The Bertz CT molecular complexity index is 568. The number of carbonyl (C=O) groups excluding carboxylic acids is 2. The van der Waals surface area contributed by atoms with Crippen LogP contribution in [0.5, 0.6) is 0 Å². The molecule has 0 aliphatic carbocycles. The molecule has 2 rings (SSSR count). The summed E-state index contributed by atoms with van der Waals surface area (Å²) >= 11 is 0. The van der Waals surface area contributed by atoms with E-state index in [9.17, 15) is 9.59 Å². The normalized spacial score (nSPS) is 16.6. The van der Waals surface area contributed by atoms with Crippen LogP contribution in [0, 0.1) is 0 Å². The van der Waals surface area contributed by atoms with Crippen molar-refractivity contribution in [2.75, 3.05) is 39.3 Å². The van der Waals surface area contributed by atoms with Crippen LogP contribution in [0.2, 0.25) is 0 Å². The Balaban J connectivity index is 0.00000312. The van der Waals surface area contributed by atoms with Crippen molar-refractivity contribution >= 4 is 24.3 Å². The highest BCUT2D eigenvalue weighted by molar-refractivity contribution is 5.87. The fourth-order valence-electron chi connectivity index (χ4n) is 3.03. The summed E-state index contributed by atoms with van der Waals surface area (Å²) in [6.45, 7) is 9.22. The molecule has 6 nitrogen and oxygen atoms in total. The lowest BCUT2D eigenvalue weighted by molar-refractivity contribution is -0.138. The molecule has 0 radical (unpaired) electrons. The molecule has 25 heavy (non-hydrogen) atoms. The van der Waals surface area contributed by atoms with Crippen molar-refractivity contribution < 1.29 is 9.59 Å². The minimum Gasteiger partial charge on any atom is -0.337 e. The average Bonchev–Trinajstić information content (AvgIpc) is 2.63. The number of hydrogen-bond donors (Lipinski definition) is 1. The number of halogens is 1. The summed E-state index contributed by atoms with van der Waals surface area (Å²) in [5, 5.41) is 0. The van der Waals surface area contributed by atoms with Crippen molar-refractivity contribution in [1.29, 1.82) is 0 Å². The number of hydrogen-bond acceptors (Lipinski definition) is 3. The van der Waals surface area contributed by atoms with Crippen LogP contribution in [0.25, 0.3) is 0 Å². The molecule has 1 atom stereocenters. The molecule has 1 aliphatic rings. The molecule has 1 unspecified atom stereocenters. The number of nitrogens with two attached hydrogens (primary N) is 1. The molecule has 1 aromatic carbocycles. The third kappa shape index (κ3) is 4.64. The molecule has 0 bridgehead atoms. The summed E-state index contributed by atoms with van der Waals surface area (Å²) in [5.74, 6) is -0.0939. The molecule has 1 aromatic rings. The molecule has 0 spiro atoms. The van der Waals surface area contributed by atoms with E-state index in [2.05, 4.69) is 0 Å². The van der Waals surface area contributed by atoms with E-state index < -0.39 is 5.54 Å². The average molecular weight is 369 g/mol. The van der Waals surface area contributed by atoms with E-state index in [1.54, 1.807) is 16.7 Å². The third-order valence-corrected chi connectivity index (χ3v) is 4.69. The number of piperazine rings is 1. The Morgan fingerprint density at radius 1 is 1.04 bits per heavy atom. The van der Waals surface area contributed by atoms with Crippen molar-refractivity contribution in [1.82, 2.24) is 14.7 Å². The fraction of sp³-hybridized carbons (Fsp3) is 0.556. The van der Waals surface area contributed by atoms with Gasteiger partial charge in [-0.1, -0.05) is 30.3 Å². The van der Waals surface area contributed by atoms with E-state index in [4.69, 9.17) is 5.73 Å². The topological polar surface area (TPSA) is 69.9 Å². The zero-order valence-corrected chi connectivity index (χ0v) is 16.1. The van der Waals surface area contributed by atoms with E-state index in [0.717, 1.165) is 5.56 Å². The highest BCUT2D eigenvalue weighted by Gasteiger charge is 2.36. The van der Waals surface area contributed by atoms with Gasteiger partial charge >= 0.3 is 6.03 Å². The smallest absolute Gasteiger partial charge is 0.320 e. The SMILES string of the molecule is CCN(CC)C(=O)N1CCN(C(=O)C(C)(N)c2ccccc2)CC1.Cl. The lowest BCUT2D eigenvalue weighted by Crippen LogP contribution is -2.58. The zero-order valence-electron chi connectivity index (χ0n) is 15.3. The first kappa shape index (κ1) is 21.3. The Morgan fingerprint density at radius 2 is 1.52 bits per heavy atom. The summed E-state index contributed by atoms with van der Waals surface area (Å²) in [6, 6.07) is 9.46. The van der Waals surface area contributed by atoms with Gasteiger partial charge in [0.1, 0.15) is 5.54 Å². The van der Waals surface area contributed by atoms with Crippen LogP contribution < -0.4 is 5.73 Å². The zero-order chi connectivity index (χ0) is 17.7. The van der Waals surface area contributed by atoms with Gasteiger partial charge in [0.25, 0.3) is 0 Å². The Labute approximate surface area is 156 Å². The molecule has 1 aliphatic heterocycles. The second-order valence-electron chi connectivity index (χ2n) is 6.30. The number of rotatable bonds is 4. The first-order chi connectivity index (χ1) is 11.4. The van der Waals surface area contributed by atoms with Crippen LogP contribution in [-0.4, -0.2) is 65.9 Å². The van der Waals surface area contributed by atoms with E-state index in [0.29, 0.717) is 39.3 Å². The maximum absolute atomic E-state index is 12.8. The molecular weight excluding hydrogens is 340 g/mol. The van der Waals surface area contributed by atoms with Crippen LogP contribution in [0.15, 0.2) is 30.3 Å². The summed E-state index contributed by atoms with van der Waals surface area (Å²) < 4.78 is 0. The number of benzene rings is 1. The predicted octanol–water partition coefficient (Wildman–Crippen LogP) is 1.89. The largest absolute Gasteiger partial charge is 0.337 e. The second kappa shape index (κ2) is 9.06. The van der Waals surface area contributed by atoms with Gasteiger partial charge in [-0.2, -0.15) is 0 Å². The molecule has 7 heteroatoms. The minimum absolute atomic E-state index is 0. The molecule has 3 amide bonds. The van der Waals surface area contributed by atoms with Crippen LogP contribution in [0.4, 0.5) is 4.79 Å². The summed E-state index contributed by atoms with van der Waals surface area (Å²) in [5.41, 5.74) is 6.07. The lowest BCUT2D eigenvalue weighted by Gasteiger charge is -2.40. The van der Waals surface area contributed by atoms with Gasteiger partial charge in [0.05, 0.1) is 0 Å². The van der Waals surface area contributed by atoms with Gasteiger partial charge in [0.15, 0.2) is 0 Å². The Kier molecular flexibility index (Phi) is 7.70. The molecule has 0 aromatic heterocycles. The molecule has 1 saturated heterocycles. The molecule has 2 N–H and O–H groups in total. The molecular formula is C18H29ClN4O2. The monoisotopic (exact) mass is 368 g/mol. The van der Waals surface area contributed by atoms with Crippen LogP contribution in [0.3, 0.4) is 0 Å². The summed E-state index contributed by atoms with van der Waals surface area (Å²) in [7, 11) is 0. The van der Waals surface area contributed by atoms with Crippen LogP contribution in [0.1, 0.15) is 26.3 Å². The van der Waals surface area contributed by atoms with Crippen LogP contribution in [-0.2, 0) is 10.3 Å². The van der Waals surface area contributed by atoms with Crippen molar-refractivity contribution in [3.63, 3.8) is 0 Å². The van der Waals surface area contributed by atoms with E-state index in [-0.39, 0.29) is 24.3 Å². The maximum Gasteiger partial charge on any atom is 0.320 e. The van der Waals surface area contributed by atoms with Crippen molar-refractivity contribution in [3.8, 4) is 0 Å². The maximum atomic E-state index is 12.8. The van der Waals surface area contributed by atoms with Gasteiger partial charge in [-0.25, -0.2) is 4.79 Å². The van der Waals surface area contributed by atoms with E-state index in [1.165, 1.54) is 0 Å². The number of urea groups is 1. The third-order valence-electron chi connectivity index (χ3n) is 4.69. The number of amides is 3. The highest BCUT2D eigenvalue weighted by Crippen LogP contribution is 2.21. The van der Waals surface area contributed by atoms with Gasteiger partial charge in [-0.3, -0.25) is 4.79 Å². The van der Waals surface area contributed by atoms with Gasteiger partial charge in [0.2, 0.25) is 5.91 Å². The van der Waals surface area contributed by atoms with Gasteiger partial charge in [-0.05, 0) is 26.3 Å². The number of nitrogens with zero attached hydrogens (tertiary/aromatic N) is 3. The first-order valence-electron chi connectivity index (χ1n) is 8.59. The molecule has 0 saturated carbocycles. The standard InChI is InChI=1S/C18H28N4O2.ClH/c1-4-20(5-2)17(24)22-13-11-21(12-14-22)16(23)18(3,19)15-9-7-6-8-10-15;/h6-10H,4-5,11-14,19H2,1-3H3;1H. The lowest BCUT2D eigenvalue weighted by atomic mass is 9.91. The predicted molar refractivity (Wildman–Crippen MR) is 102 cm³/mol.